The van der Waals surface area contributed by atoms with Crippen molar-refractivity contribution in [1.29, 1.82) is 0 Å². The lowest BCUT2D eigenvalue weighted by Gasteiger charge is -1.90. The lowest BCUT2D eigenvalue weighted by atomic mass is 10.8. The van der Waals surface area contributed by atoms with Gasteiger partial charge in [-0.15, -0.1) is 4.72 Å². The Morgan fingerprint density at radius 3 is 2.25 bits per heavy atom. The average molecular weight is 140 g/mol. The molecule has 0 aromatic carbocycles. The second kappa shape index (κ2) is 2.99. The Bertz CT molecular complexity index is 141. The van der Waals surface area contributed by atoms with Gasteiger partial charge in [-0.25, -0.2) is 12.8 Å². The molecule has 0 aliphatic carbocycles. The molecule has 0 saturated carbocycles. The fourth-order valence-corrected chi connectivity index (χ4v) is 0.601. The van der Waals surface area contributed by atoms with E-state index in [1.165, 1.54) is 0 Å². The summed E-state index contributed by atoms with van der Waals surface area (Å²) in [4.78, 5) is 0. The van der Waals surface area contributed by atoms with Gasteiger partial charge in [-0.1, -0.05) is 0 Å². The van der Waals surface area contributed by atoms with Crippen LogP contribution in [0, 0.1) is 0 Å². The third kappa shape index (κ3) is 5.84. The Morgan fingerprint density at radius 1 is 1.62 bits per heavy atom. The summed E-state index contributed by atoms with van der Waals surface area (Å²) in [6.07, 6.45) is 0.933. The molecule has 0 spiro atoms. The zero-order valence-corrected chi connectivity index (χ0v) is 5.28. The first kappa shape index (κ1) is 7.84. The highest BCUT2D eigenvalue weighted by molar-refractivity contribution is 7.88. The van der Waals surface area contributed by atoms with Gasteiger partial charge in [0.1, 0.15) is 6.67 Å². The van der Waals surface area contributed by atoms with Crippen molar-refractivity contribution in [1.82, 2.24) is 4.72 Å². The van der Waals surface area contributed by atoms with E-state index in [1.807, 2.05) is 0 Å². The minimum Gasteiger partial charge on any atom is -0.250 e. The number of alkyl halides is 1. The van der Waals surface area contributed by atoms with E-state index in [1.54, 1.807) is 0 Å². The SMILES string of the molecule is CS(=O)(=O)[N]CCF. The largest absolute Gasteiger partial charge is 0.250 e. The van der Waals surface area contributed by atoms with Gasteiger partial charge in [0.2, 0.25) is 10.0 Å². The summed E-state index contributed by atoms with van der Waals surface area (Å²) in [5, 5.41) is 0. The molecule has 0 aliphatic heterocycles. The molecule has 0 aliphatic rings. The molecule has 3 nitrogen and oxygen atoms in total. The van der Waals surface area contributed by atoms with Crippen molar-refractivity contribution in [2.75, 3.05) is 19.5 Å². The van der Waals surface area contributed by atoms with Gasteiger partial charge in [0.25, 0.3) is 0 Å². The van der Waals surface area contributed by atoms with Crippen LogP contribution in [0.4, 0.5) is 4.39 Å². The van der Waals surface area contributed by atoms with Crippen molar-refractivity contribution in [2.45, 2.75) is 0 Å². The van der Waals surface area contributed by atoms with Crippen LogP contribution in [0.3, 0.4) is 0 Å². The highest BCUT2D eigenvalue weighted by Crippen LogP contribution is 1.75. The second-order valence-corrected chi connectivity index (χ2v) is 3.00. The molecule has 0 aromatic heterocycles. The van der Waals surface area contributed by atoms with Crippen molar-refractivity contribution in [3.63, 3.8) is 0 Å². The molecule has 0 N–H and O–H groups in total. The van der Waals surface area contributed by atoms with Gasteiger partial charge in [-0.3, -0.25) is 0 Å². The molecule has 0 amide bonds. The van der Waals surface area contributed by atoms with Gasteiger partial charge in [0.05, 0.1) is 12.8 Å². The lowest BCUT2D eigenvalue weighted by Crippen LogP contribution is -2.16. The predicted molar refractivity (Wildman–Crippen MR) is 27.8 cm³/mol. The van der Waals surface area contributed by atoms with Gasteiger partial charge >= 0.3 is 0 Å². The summed E-state index contributed by atoms with van der Waals surface area (Å²) >= 11 is 0. The van der Waals surface area contributed by atoms with Crippen LogP contribution in [0.25, 0.3) is 0 Å². The average Bonchev–Trinajstić information content (AvgIpc) is 1.59. The maximum Gasteiger partial charge on any atom is 0.225 e. The van der Waals surface area contributed by atoms with Gasteiger partial charge in [0.15, 0.2) is 0 Å². The van der Waals surface area contributed by atoms with Crippen molar-refractivity contribution < 1.29 is 12.8 Å². The molecule has 0 fully saturated rings. The minimum atomic E-state index is -3.30. The van der Waals surface area contributed by atoms with Crippen LogP contribution in [0.5, 0.6) is 0 Å². The fraction of sp³-hybridized carbons (Fsp3) is 1.00. The molecule has 0 bridgehead atoms. The highest BCUT2D eigenvalue weighted by Gasteiger charge is 1.98. The van der Waals surface area contributed by atoms with Crippen LogP contribution in [-0.2, 0) is 10.0 Å². The van der Waals surface area contributed by atoms with E-state index in [-0.39, 0.29) is 6.54 Å². The van der Waals surface area contributed by atoms with Crippen LogP contribution >= 0.6 is 0 Å². The summed E-state index contributed by atoms with van der Waals surface area (Å²) in [6, 6.07) is 0. The first-order valence-electron chi connectivity index (χ1n) is 2.01. The van der Waals surface area contributed by atoms with E-state index in [0.29, 0.717) is 0 Å². The van der Waals surface area contributed by atoms with Crippen LogP contribution in [-0.4, -0.2) is 27.9 Å². The number of sulfonamides is 1. The zero-order valence-electron chi connectivity index (χ0n) is 4.46. The van der Waals surface area contributed by atoms with Crippen LogP contribution in [0.1, 0.15) is 0 Å². The molecular weight excluding hydrogens is 133 g/mol. The molecule has 0 unspecified atom stereocenters. The van der Waals surface area contributed by atoms with Gasteiger partial charge in [-0.05, 0) is 0 Å². The second-order valence-electron chi connectivity index (χ2n) is 1.27. The Hall–Kier alpha value is -0.160. The van der Waals surface area contributed by atoms with Crippen molar-refractivity contribution in [3.05, 3.63) is 0 Å². The molecule has 1 radical (unpaired) electrons. The first-order chi connectivity index (χ1) is 3.56. The Morgan fingerprint density at radius 2 is 2.12 bits per heavy atom. The van der Waals surface area contributed by atoms with Gasteiger partial charge in [0, 0.05) is 0 Å². The Labute approximate surface area is 47.9 Å². The molecule has 0 saturated heterocycles. The van der Waals surface area contributed by atoms with Gasteiger partial charge in [-0.2, -0.15) is 0 Å². The predicted octanol–water partition coefficient (Wildman–Crippen LogP) is -0.480. The van der Waals surface area contributed by atoms with E-state index >= 15 is 0 Å². The first-order valence-corrected chi connectivity index (χ1v) is 3.86. The molecule has 49 valence electrons. The van der Waals surface area contributed by atoms with E-state index < -0.39 is 16.7 Å². The Kier molecular flexibility index (Phi) is 2.93. The molecule has 0 heterocycles. The van der Waals surface area contributed by atoms with E-state index in [9.17, 15) is 12.8 Å². The maximum atomic E-state index is 11.2. The number of hydrogen-bond donors (Lipinski definition) is 0. The van der Waals surface area contributed by atoms with Crippen LogP contribution < -0.4 is 4.72 Å². The quantitative estimate of drug-likeness (QED) is 0.531. The number of halogens is 1. The fourth-order valence-electron chi connectivity index (χ4n) is 0.200. The Balaban J connectivity index is 3.42. The zero-order chi connectivity index (χ0) is 6.62. The van der Waals surface area contributed by atoms with Gasteiger partial charge < -0.3 is 0 Å². The standard InChI is InChI=1S/C3H7FNO2S/c1-8(6,7)5-3-2-4/h2-3H2,1H3. The summed E-state index contributed by atoms with van der Waals surface area (Å²) in [7, 11) is -3.30. The summed E-state index contributed by atoms with van der Waals surface area (Å²) in [6.45, 7) is -0.966. The van der Waals surface area contributed by atoms with Crippen LogP contribution in [0.15, 0.2) is 0 Å². The molecular formula is C3H7FNO2S. The third-order valence-corrected chi connectivity index (χ3v) is 1.06. The van der Waals surface area contributed by atoms with Crippen molar-refractivity contribution in [2.24, 2.45) is 0 Å². The van der Waals surface area contributed by atoms with Crippen LogP contribution in [0.2, 0.25) is 0 Å². The smallest absolute Gasteiger partial charge is 0.225 e. The third-order valence-electron chi connectivity index (χ3n) is 0.410. The molecule has 0 atom stereocenters. The molecule has 8 heavy (non-hydrogen) atoms. The summed E-state index contributed by atoms with van der Waals surface area (Å²) in [5.74, 6) is 0. The number of nitrogens with zero attached hydrogens (tertiary/aromatic N) is 1. The molecule has 0 aromatic rings. The minimum absolute atomic E-state index is 0.251. The van der Waals surface area contributed by atoms with Crippen molar-refractivity contribution in [3.8, 4) is 0 Å². The lowest BCUT2D eigenvalue weighted by molar-refractivity contribution is 0.485. The maximum absolute atomic E-state index is 11.2. The summed E-state index contributed by atoms with van der Waals surface area (Å²) in [5.41, 5.74) is 0. The van der Waals surface area contributed by atoms with E-state index in [4.69, 9.17) is 0 Å². The molecule has 5 heteroatoms. The van der Waals surface area contributed by atoms with Crippen molar-refractivity contribution >= 4 is 10.0 Å². The van der Waals surface area contributed by atoms with E-state index in [0.717, 1.165) is 6.26 Å². The van der Waals surface area contributed by atoms with E-state index in [2.05, 4.69) is 4.72 Å². The monoisotopic (exact) mass is 140 g/mol. The summed E-state index contributed by atoms with van der Waals surface area (Å²) < 4.78 is 34.3. The highest BCUT2D eigenvalue weighted by atomic mass is 32.2. The number of rotatable bonds is 3. The normalized spacial score (nSPS) is 11.8. The topological polar surface area (TPSA) is 48.2 Å². The number of hydrogen-bond acceptors (Lipinski definition) is 2. The molecule has 0 rings (SSSR count).